The molecule has 2 rings (SSSR count). The highest BCUT2D eigenvalue weighted by Crippen LogP contribution is 2.20. The standard InChI is InChI=1S/C14H14N2O2/c15-11-8-4-5-9-12(11)16-14(18)13(17)10-6-2-1-3-7-10/h1-9,13,17H,15H2,(H,16,18). The van der Waals surface area contributed by atoms with Crippen LogP contribution in [0, 0.1) is 0 Å². The summed E-state index contributed by atoms with van der Waals surface area (Å²) in [7, 11) is 0. The zero-order valence-electron chi connectivity index (χ0n) is 9.71. The van der Waals surface area contributed by atoms with Gasteiger partial charge in [0.15, 0.2) is 6.10 Å². The van der Waals surface area contributed by atoms with Crippen molar-refractivity contribution in [2.45, 2.75) is 6.10 Å². The van der Waals surface area contributed by atoms with Crippen molar-refractivity contribution in [1.29, 1.82) is 0 Å². The Balaban J connectivity index is 2.12. The second-order valence-corrected chi connectivity index (χ2v) is 3.89. The van der Waals surface area contributed by atoms with Crippen LogP contribution in [0.4, 0.5) is 11.4 Å². The van der Waals surface area contributed by atoms with E-state index in [1.165, 1.54) is 0 Å². The van der Waals surface area contributed by atoms with Gasteiger partial charge in [-0.1, -0.05) is 42.5 Å². The van der Waals surface area contributed by atoms with E-state index < -0.39 is 12.0 Å². The summed E-state index contributed by atoms with van der Waals surface area (Å²) in [5, 5.41) is 12.5. The van der Waals surface area contributed by atoms with Gasteiger partial charge in [-0.05, 0) is 17.7 Å². The lowest BCUT2D eigenvalue weighted by atomic mass is 10.1. The molecule has 4 N–H and O–H groups in total. The SMILES string of the molecule is Nc1ccccc1NC(=O)C(O)c1ccccc1. The molecule has 2 aromatic carbocycles. The smallest absolute Gasteiger partial charge is 0.257 e. The molecule has 1 amide bonds. The van der Waals surface area contributed by atoms with Crippen molar-refractivity contribution in [3.05, 3.63) is 60.2 Å². The van der Waals surface area contributed by atoms with Crippen LogP contribution in [0.25, 0.3) is 0 Å². The number of aliphatic hydroxyl groups excluding tert-OH is 1. The van der Waals surface area contributed by atoms with Gasteiger partial charge in [0.1, 0.15) is 0 Å². The Kier molecular flexibility index (Phi) is 3.60. The second-order valence-electron chi connectivity index (χ2n) is 3.89. The third-order valence-corrected chi connectivity index (χ3v) is 2.58. The second kappa shape index (κ2) is 5.33. The van der Waals surface area contributed by atoms with E-state index >= 15 is 0 Å². The van der Waals surface area contributed by atoms with Crippen LogP contribution in [0.2, 0.25) is 0 Å². The van der Waals surface area contributed by atoms with E-state index in [1.54, 1.807) is 48.5 Å². The Bertz CT molecular complexity index is 541. The first-order chi connectivity index (χ1) is 8.68. The molecule has 0 fully saturated rings. The van der Waals surface area contributed by atoms with Crippen molar-refractivity contribution >= 4 is 17.3 Å². The summed E-state index contributed by atoms with van der Waals surface area (Å²) in [5.74, 6) is -0.501. The van der Waals surface area contributed by atoms with Crippen molar-refractivity contribution in [1.82, 2.24) is 0 Å². The summed E-state index contributed by atoms with van der Waals surface area (Å²) in [6.07, 6.45) is -1.20. The molecule has 0 saturated carbocycles. The average molecular weight is 242 g/mol. The number of para-hydroxylation sites is 2. The van der Waals surface area contributed by atoms with Gasteiger partial charge in [-0.25, -0.2) is 0 Å². The molecule has 0 radical (unpaired) electrons. The minimum atomic E-state index is -1.20. The Morgan fingerprint density at radius 3 is 2.33 bits per heavy atom. The molecular weight excluding hydrogens is 228 g/mol. The number of nitrogen functional groups attached to an aromatic ring is 1. The number of amides is 1. The van der Waals surface area contributed by atoms with Crippen molar-refractivity contribution in [3.8, 4) is 0 Å². The van der Waals surface area contributed by atoms with Gasteiger partial charge in [-0.15, -0.1) is 0 Å². The molecule has 0 heterocycles. The number of benzene rings is 2. The normalized spacial score (nSPS) is 11.8. The van der Waals surface area contributed by atoms with E-state index in [2.05, 4.69) is 5.32 Å². The molecule has 0 aliphatic carbocycles. The van der Waals surface area contributed by atoms with Gasteiger partial charge >= 0.3 is 0 Å². The third-order valence-electron chi connectivity index (χ3n) is 2.58. The summed E-state index contributed by atoms with van der Waals surface area (Å²) in [5.41, 5.74) is 7.22. The molecule has 0 aromatic heterocycles. The summed E-state index contributed by atoms with van der Waals surface area (Å²) in [6.45, 7) is 0. The van der Waals surface area contributed by atoms with Gasteiger partial charge in [-0.3, -0.25) is 4.79 Å². The molecule has 1 atom stereocenters. The lowest BCUT2D eigenvalue weighted by Crippen LogP contribution is -2.21. The number of carbonyl (C=O) groups excluding carboxylic acids is 1. The maximum Gasteiger partial charge on any atom is 0.257 e. The number of nitrogens with two attached hydrogens (primary N) is 1. The summed E-state index contributed by atoms with van der Waals surface area (Å²) in [4.78, 5) is 11.8. The number of hydrogen-bond acceptors (Lipinski definition) is 3. The predicted molar refractivity (Wildman–Crippen MR) is 70.9 cm³/mol. The fraction of sp³-hybridized carbons (Fsp3) is 0.0714. The van der Waals surface area contributed by atoms with Crippen LogP contribution in [-0.2, 0) is 4.79 Å². The summed E-state index contributed by atoms with van der Waals surface area (Å²) < 4.78 is 0. The first kappa shape index (κ1) is 12.1. The highest BCUT2D eigenvalue weighted by Gasteiger charge is 2.17. The fourth-order valence-electron chi connectivity index (χ4n) is 1.60. The van der Waals surface area contributed by atoms with Crippen molar-refractivity contribution in [3.63, 3.8) is 0 Å². The molecule has 2 aromatic rings. The molecule has 4 heteroatoms. The fourth-order valence-corrected chi connectivity index (χ4v) is 1.60. The largest absolute Gasteiger partial charge is 0.397 e. The lowest BCUT2D eigenvalue weighted by molar-refractivity contribution is -0.124. The Morgan fingerprint density at radius 2 is 1.67 bits per heavy atom. The van der Waals surface area contributed by atoms with Crippen molar-refractivity contribution in [2.75, 3.05) is 11.1 Å². The van der Waals surface area contributed by atoms with E-state index in [-0.39, 0.29) is 0 Å². The molecule has 0 spiro atoms. The Hall–Kier alpha value is -2.33. The van der Waals surface area contributed by atoms with Crippen LogP contribution >= 0.6 is 0 Å². The number of anilines is 2. The van der Waals surface area contributed by atoms with Crippen LogP contribution in [0.5, 0.6) is 0 Å². The molecule has 4 nitrogen and oxygen atoms in total. The highest BCUT2D eigenvalue weighted by atomic mass is 16.3. The van der Waals surface area contributed by atoms with Gasteiger partial charge in [-0.2, -0.15) is 0 Å². The molecule has 0 aliphatic heterocycles. The van der Waals surface area contributed by atoms with Crippen LogP contribution in [0.1, 0.15) is 11.7 Å². The minimum Gasteiger partial charge on any atom is -0.397 e. The van der Waals surface area contributed by atoms with Crippen molar-refractivity contribution in [2.24, 2.45) is 0 Å². The average Bonchev–Trinajstić information content (AvgIpc) is 2.41. The number of rotatable bonds is 3. The Morgan fingerprint density at radius 1 is 1.06 bits per heavy atom. The zero-order valence-corrected chi connectivity index (χ0v) is 9.71. The van der Waals surface area contributed by atoms with Gasteiger partial charge in [0.2, 0.25) is 0 Å². The molecule has 92 valence electrons. The number of hydrogen-bond donors (Lipinski definition) is 3. The first-order valence-corrected chi connectivity index (χ1v) is 5.57. The summed E-state index contributed by atoms with van der Waals surface area (Å²) in [6, 6.07) is 15.7. The number of nitrogens with one attached hydrogen (secondary N) is 1. The first-order valence-electron chi connectivity index (χ1n) is 5.57. The monoisotopic (exact) mass is 242 g/mol. The molecule has 0 saturated heterocycles. The topological polar surface area (TPSA) is 75.3 Å². The predicted octanol–water partition coefficient (Wildman–Crippen LogP) is 1.94. The van der Waals surface area contributed by atoms with Crippen LogP contribution < -0.4 is 11.1 Å². The van der Waals surface area contributed by atoms with Gasteiger partial charge in [0.25, 0.3) is 5.91 Å². The number of aliphatic hydroxyl groups is 1. The quantitative estimate of drug-likeness (QED) is 0.720. The van der Waals surface area contributed by atoms with Crippen LogP contribution in [0.3, 0.4) is 0 Å². The van der Waals surface area contributed by atoms with Gasteiger partial charge in [0, 0.05) is 0 Å². The third kappa shape index (κ3) is 2.67. The maximum atomic E-state index is 11.8. The molecule has 1 unspecified atom stereocenters. The minimum absolute atomic E-state index is 0.464. The highest BCUT2D eigenvalue weighted by molar-refractivity contribution is 5.97. The summed E-state index contributed by atoms with van der Waals surface area (Å²) >= 11 is 0. The number of carbonyl (C=O) groups is 1. The van der Waals surface area contributed by atoms with Gasteiger partial charge in [0.05, 0.1) is 11.4 Å². The zero-order chi connectivity index (χ0) is 13.0. The van der Waals surface area contributed by atoms with Gasteiger partial charge < -0.3 is 16.2 Å². The molecule has 18 heavy (non-hydrogen) atoms. The Labute approximate surface area is 105 Å². The van der Waals surface area contributed by atoms with E-state index in [9.17, 15) is 9.90 Å². The van der Waals surface area contributed by atoms with E-state index in [1.807, 2.05) is 6.07 Å². The molecular formula is C14H14N2O2. The van der Waals surface area contributed by atoms with E-state index in [0.29, 0.717) is 16.9 Å². The van der Waals surface area contributed by atoms with Crippen LogP contribution in [-0.4, -0.2) is 11.0 Å². The van der Waals surface area contributed by atoms with E-state index in [0.717, 1.165) is 0 Å². The maximum absolute atomic E-state index is 11.8. The molecule has 0 bridgehead atoms. The van der Waals surface area contributed by atoms with Crippen molar-refractivity contribution < 1.29 is 9.90 Å². The van der Waals surface area contributed by atoms with E-state index in [4.69, 9.17) is 5.73 Å². The molecule has 0 aliphatic rings. The van der Waals surface area contributed by atoms with Crippen LogP contribution in [0.15, 0.2) is 54.6 Å². The lowest BCUT2D eigenvalue weighted by Gasteiger charge is -2.12.